The first-order chi connectivity index (χ1) is 21.8. The van der Waals surface area contributed by atoms with Crippen LogP contribution in [0, 0.1) is 0 Å². The number of anilines is 3. The molecule has 2 aliphatic heterocycles. The first-order valence-corrected chi connectivity index (χ1v) is 18.0. The molecule has 4 amide bonds. The predicted molar refractivity (Wildman–Crippen MR) is 182 cm³/mol. The largest absolute Gasteiger partial charge is 0.343 e. The van der Waals surface area contributed by atoms with Crippen molar-refractivity contribution < 1.29 is 40.1 Å². The lowest BCUT2D eigenvalue weighted by Gasteiger charge is -2.26. The number of hydrogen-bond donors (Lipinski definition) is 6. The molecule has 0 fully saturated rings. The van der Waals surface area contributed by atoms with E-state index >= 15 is 0 Å². The van der Waals surface area contributed by atoms with Crippen molar-refractivity contribution in [1.29, 1.82) is 0 Å². The predicted octanol–water partition coefficient (Wildman–Crippen LogP) is 3.58. The number of urea groups is 2. The Morgan fingerprint density at radius 2 is 1.38 bits per heavy atom. The van der Waals surface area contributed by atoms with E-state index in [9.17, 15) is 35.5 Å². The SMILES string of the molecule is CNC(=O)Nc1ccc2c(c1)C(C)(C)C(C=C/C=C1/N(CCS(=O)(=O)O)c3ccc(NC(=O)NC)cc3C1(C)C)=[N+]2CCS(=O)(=O)O. The van der Waals surface area contributed by atoms with Gasteiger partial charge in [0.05, 0.1) is 11.2 Å². The molecule has 0 unspecified atom stereocenters. The molecular weight excluding hydrogens is 649 g/mol. The molecule has 16 heteroatoms. The number of nitrogens with one attached hydrogen (secondary N) is 4. The lowest BCUT2D eigenvalue weighted by atomic mass is 9.81. The van der Waals surface area contributed by atoms with Crippen LogP contribution in [0.4, 0.5) is 32.3 Å². The van der Waals surface area contributed by atoms with Crippen LogP contribution in [-0.4, -0.2) is 87.0 Å². The molecule has 0 saturated heterocycles. The summed E-state index contributed by atoms with van der Waals surface area (Å²) < 4.78 is 67.9. The highest BCUT2D eigenvalue weighted by molar-refractivity contribution is 7.86. The topological polar surface area (TPSA) is 197 Å². The second kappa shape index (κ2) is 13.1. The van der Waals surface area contributed by atoms with Crippen molar-refractivity contribution in [3.05, 3.63) is 71.5 Å². The quantitative estimate of drug-likeness (QED) is 0.160. The van der Waals surface area contributed by atoms with Crippen molar-refractivity contribution >= 4 is 60.8 Å². The van der Waals surface area contributed by atoms with Crippen LogP contribution in [-0.2, 0) is 31.1 Å². The Morgan fingerprint density at radius 1 is 0.830 bits per heavy atom. The number of allylic oxidation sites excluding steroid dienone is 4. The van der Waals surface area contributed by atoms with Gasteiger partial charge in [-0.15, -0.1) is 0 Å². The molecule has 254 valence electrons. The van der Waals surface area contributed by atoms with Gasteiger partial charge in [-0.3, -0.25) is 9.11 Å². The Bertz CT molecular complexity index is 1910. The van der Waals surface area contributed by atoms with E-state index in [0.29, 0.717) is 22.7 Å². The molecule has 14 nitrogen and oxygen atoms in total. The van der Waals surface area contributed by atoms with Crippen molar-refractivity contribution in [2.45, 2.75) is 38.5 Å². The Hall–Kier alpha value is -4.25. The number of benzene rings is 2. The van der Waals surface area contributed by atoms with Gasteiger partial charge < -0.3 is 26.2 Å². The minimum absolute atomic E-state index is 0.0355. The van der Waals surface area contributed by atoms with E-state index in [4.69, 9.17) is 0 Å². The Labute approximate surface area is 275 Å². The summed E-state index contributed by atoms with van der Waals surface area (Å²) >= 11 is 0. The first kappa shape index (κ1) is 35.6. The van der Waals surface area contributed by atoms with Crippen molar-refractivity contribution in [1.82, 2.24) is 10.6 Å². The van der Waals surface area contributed by atoms with E-state index in [1.165, 1.54) is 14.1 Å². The third kappa shape index (κ3) is 7.84. The fourth-order valence-corrected chi connectivity index (χ4v) is 6.85. The van der Waals surface area contributed by atoms with Crippen LogP contribution in [0.3, 0.4) is 0 Å². The van der Waals surface area contributed by atoms with Gasteiger partial charge in [-0.2, -0.15) is 21.4 Å². The molecule has 2 aromatic carbocycles. The van der Waals surface area contributed by atoms with Crippen LogP contribution < -0.4 is 26.2 Å². The smallest absolute Gasteiger partial charge is 0.318 e. The van der Waals surface area contributed by atoms with E-state index in [-0.39, 0.29) is 13.1 Å². The van der Waals surface area contributed by atoms with Crippen molar-refractivity contribution in [2.75, 3.05) is 54.2 Å². The van der Waals surface area contributed by atoms with E-state index in [1.807, 2.05) is 61.5 Å². The molecule has 2 aromatic rings. The zero-order chi connectivity index (χ0) is 34.9. The van der Waals surface area contributed by atoms with Crippen LogP contribution in [0.15, 0.2) is 60.3 Å². The molecule has 0 radical (unpaired) electrons. The maximum absolute atomic E-state index is 12.0. The molecule has 0 atom stereocenters. The monoisotopic (exact) mass is 689 g/mol. The van der Waals surface area contributed by atoms with Gasteiger partial charge >= 0.3 is 12.1 Å². The third-order valence-electron chi connectivity index (χ3n) is 8.41. The molecule has 4 rings (SSSR count). The van der Waals surface area contributed by atoms with Gasteiger partial charge in [-0.05, 0) is 55.8 Å². The summed E-state index contributed by atoms with van der Waals surface area (Å²) in [5, 5.41) is 10.5. The third-order valence-corrected chi connectivity index (χ3v) is 9.80. The van der Waals surface area contributed by atoms with Gasteiger partial charge in [0.1, 0.15) is 5.75 Å². The molecule has 0 bridgehead atoms. The second-order valence-corrected chi connectivity index (χ2v) is 15.4. The summed E-state index contributed by atoms with van der Waals surface area (Å²) in [5.41, 5.74) is 4.29. The van der Waals surface area contributed by atoms with E-state index in [2.05, 4.69) is 21.3 Å². The molecular formula is C31H41N6O8S2+. The molecule has 2 aliphatic rings. The minimum atomic E-state index is -4.28. The van der Waals surface area contributed by atoms with Crippen LogP contribution in [0.5, 0.6) is 0 Å². The highest BCUT2D eigenvalue weighted by atomic mass is 32.2. The van der Waals surface area contributed by atoms with Gasteiger partial charge in [-0.25, -0.2) is 9.59 Å². The fourth-order valence-electron chi connectivity index (χ4n) is 6.02. The van der Waals surface area contributed by atoms with Gasteiger partial charge in [-0.1, -0.05) is 19.9 Å². The van der Waals surface area contributed by atoms with E-state index in [1.54, 1.807) is 30.3 Å². The number of nitrogens with zero attached hydrogens (tertiary/aromatic N) is 2. The molecule has 0 aliphatic carbocycles. The molecule has 0 spiro atoms. The highest BCUT2D eigenvalue weighted by Gasteiger charge is 2.45. The Morgan fingerprint density at radius 3 is 1.94 bits per heavy atom. The zero-order valence-electron chi connectivity index (χ0n) is 27.1. The van der Waals surface area contributed by atoms with E-state index < -0.39 is 54.6 Å². The summed E-state index contributed by atoms with van der Waals surface area (Å²) in [6, 6.07) is 9.83. The van der Waals surface area contributed by atoms with Crippen molar-refractivity contribution in [2.24, 2.45) is 0 Å². The molecule has 6 N–H and O–H groups in total. The summed E-state index contributed by atoms with van der Waals surface area (Å²) in [6.45, 7) is 7.78. The summed E-state index contributed by atoms with van der Waals surface area (Å²) in [5.74, 6) is -1.03. The molecule has 47 heavy (non-hydrogen) atoms. The van der Waals surface area contributed by atoms with Crippen LogP contribution in [0.25, 0.3) is 0 Å². The van der Waals surface area contributed by atoms with Crippen molar-refractivity contribution in [3.63, 3.8) is 0 Å². The summed E-state index contributed by atoms with van der Waals surface area (Å²) in [6.07, 6.45) is 5.46. The average molecular weight is 690 g/mol. The molecule has 2 heterocycles. The second-order valence-electron chi connectivity index (χ2n) is 12.3. The lowest BCUT2D eigenvalue weighted by Crippen LogP contribution is -2.30. The summed E-state index contributed by atoms with van der Waals surface area (Å²) in [4.78, 5) is 25.8. The summed E-state index contributed by atoms with van der Waals surface area (Å²) in [7, 11) is -5.56. The average Bonchev–Trinajstić information content (AvgIpc) is 3.32. The maximum atomic E-state index is 12.0. The lowest BCUT2D eigenvalue weighted by molar-refractivity contribution is -0.432. The number of hydrogen-bond acceptors (Lipinski definition) is 7. The first-order valence-electron chi connectivity index (χ1n) is 14.8. The number of carbonyl (C=O) groups excluding carboxylic acids is 2. The zero-order valence-corrected chi connectivity index (χ0v) is 28.7. The molecule has 0 saturated carbocycles. The number of rotatable bonds is 10. The van der Waals surface area contributed by atoms with Gasteiger partial charge in [0.2, 0.25) is 5.69 Å². The molecule has 0 aromatic heterocycles. The fraction of sp³-hybridized carbons (Fsp3) is 0.387. The minimum Gasteiger partial charge on any atom is -0.343 e. The Kier molecular flexibility index (Phi) is 9.92. The van der Waals surface area contributed by atoms with Gasteiger partial charge in [0.15, 0.2) is 12.3 Å². The van der Waals surface area contributed by atoms with Crippen LogP contribution in [0.1, 0.15) is 38.8 Å². The van der Waals surface area contributed by atoms with E-state index in [0.717, 1.165) is 22.5 Å². The van der Waals surface area contributed by atoms with Crippen LogP contribution in [0.2, 0.25) is 0 Å². The van der Waals surface area contributed by atoms with Gasteiger partial charge in [0.25, 0.3) is 20.2 Å². The maximum Gasteiger partial charge on any atom is 0.318 e. The highest BCUT2D eigenvalue weighted by Crippen LogP contribution is 2.49. The van der Waals surface area contributed by atoms with Gasteiger partial charge in [0, 0.05) is 66.5 Å². The van der Waals surface area contributed by atoms with Crippen LogP contribution >= 0.6 is 0 Å². The normalized spacial score (nSPS) is 17.5. The number of amides is 4. The standard InChI is InChI=1S/C31H40N6O8S2/c1-30(2)22-18-20(34-28(38)32-5)10-12-24(22)36(14-16-46(40,41)42)26(30)8-7-9-27-31(3,4)23-19-21(35-29(39)33-6)11-13-25(23)37(27)15-17-47(43,44)45/h7-13,18-19H,14-17H2,1-6H3,(H5-,32,33,34,35,38,39,40,41,42,43,44,45)/p+1. The Balaban J connectivity index is 1.80. The number of fused-ring (bicyclic) bond motifs is 2. The number of carbonyl (C=O) groups is 2. The van der Waals surface area contributed by atoms with Crippen molar-refractivity contribution in [3.8, 4) is 0 Å².